The number of nitrogens with one attached hydrogen (secondary N) is 1. The largest absolute Gasteiger partial charge is 0.319 e. The summed E-state index contributed by atoms with van der Waals surface area (Å²) in [4.78, 5) is 29.6. The Bertz CT molecular complexity index is 1120. The average molecular weight is 519 g/mol. The number of hydrazine groups is 1. The molecule has 0 spiro atoms. The van der Waals surface area contributed by atoms with Crippen LogP contribution in [-0.2, 0) is 0 Å². The molecule has 0 fully saturated rings. The quantitative estimate of drug-likeness (QED) is 0.306. The second-order valence-corrected chi connectivity index (χ2v) is 7.82. The number of aromatic nitrogens is 3. The number of hydrogen-bond donors (Lipinski definition) is 2. The van der Waals surface area contributed by atoms with Crippen molar-refractivity contribution in [2.75, 3.05) is 12.4 Å². The Balaban J connectivity index is 2.05. The van der Waals surface area contributed by atoms with Gasteiger partial charge in [0, 0.05) is 24.3 Å². The van der Waals surface area contributed by atoms with Crippen molar-refractivity contribution < 1.29 is 9.59 Å². The highest BCUT2D eigenvalue weighted by Gasteiger charge is 2.23. The lowest BCUT2D eigenvalue weighted by atomic mass is 10.1. The van der Waals surface area contributed by atoms with Gasteiger partial charge < -0.3 is 5.32 Å². The van der Waals surface area contributed by atoms with Gasteiger partial charge in [0.2, 0.25) is 0 Å². The molecule has 0 aliphatic heterocycles. The van der Waals surface area contributed by atoms with Crippen LogP contribution in [0.3, 0.4) is 0 Å². The summed E-state index contributed by atoms with van der Waals surface area (Å²) in [6.07, 6.45) is 1.52. The Kier molecular flexibility index (Phi) is 6.45. The van der Waals surface area contributed by atoms with Crippen molar-refractivity contribution in [1.29, 1.82) is 0 Å². The fraction of sp³-hybridized carbons (Fsp3) is 0.0588. The topological polar surface area (TPSA) is 106 Å². The molecule has 29 heavy (non-hydrogen) atoms. The fourth-order valence-electron chi connectivity index (χ4n) is 2.45. The van der Waals surface area contributed by atoms with E-state index in [-0.39, 0.29) is 32.8 Å². The van der Waals surface area contributed by atoms with Crippen LogP contribution in [0.4, 0.5) is 5.69 Å². The molecule has 3 N–H and O–H groups in total. The molecule has 2 amide bonds. The van der Waals surface area contributed by atoms with Crippen LogP contribution in [0.2, 0.25) is 15.1 Å². The lowest BCUT2D eigenvalue weighted by Crippen LogP contribution is -2.34. The molecule has 1 aromatic carbocycles. The molecule has 150 valence electrons. The maximum atomic E-state index is 13.0. The fourth-order valence-corrected chi connectivity index (χ4v) is 3.56. The van der Waals surface area contributed by atoms with E-state index < -0.39 is 11.8 Å². The minimum absolute atomic E-state index is 0.0295. The molecule has 12 heteroatoms. The van der Waals surface area contributed by atoms with Gasteiger partial charge in [-0.2, -0.15) is 5.10 Å². The number of halogens is 4. The Hall–Kier alpha value is -2.17. The molecule has 0 aliphatic carbocycles. The molecule has 0 aliphatic rings. The molecule has 2 aromatic heterocycles. The monoisotopic (exact) mass is 516 g/mol. The van der Waals surface area contributed by atoms with Gasteiger partial charge in [-0.3, -0.25) is 14.6 Å². The SMILES string of the molecule is CN(N)C(=O)c1cc(Cl)cc(Cl)c1NC(=O)c1cc(Br)nn1-c1ncccc1Cl. The van der Waals surface area contributed by atoms with Crippen LogP contribution in [0.5, 0.6) is 0 Å². The molecular formula is C17H12BrCl3N6O2. The van der Waals surface area contributed by atoms with Gasteiger partial charge in [-0.25, -0.2) is 15.5 Å². The third-order valence-electron chi connectivity index (χ3n) is 3.70. The maximum Gasteiger partial charge on any atom is 0.274 e. The number of pyridine rings is 1. The zero-order chi connectivity index (χ0) is 21.3. The standard InChI is InChI=1S/C17H12BrCl3N6O2/c1-26(22)17(29)9-5-8(19)6-11(21)14(9)24-16(28)12-7-13(18)25-27(12)15-10(20)3-2-4-23-15/h2-7H,22H2,1H3,(H,24,28). The van der Waals surface area contributed by atoms with Crippen LogP contribution in [0.15, 0.2) is 41.1 Å². The van der Waals surface area contributed by atoms with Crippen LogP contribution in [0, 0.1) is 0 Å². The summed E-state index contributed by atoms with van der Waals surface area (Å²) in [5.74, 6) is 4.60. The first-order valence-corrected chi connectivity index (χ1v) is 9.81. The van der Waals surface area contributed by atoms with Gasteiger partial charge in [0.1, 0.15) is 10.3 Å². The van der Waals surface area contributed by atoms with E-state index in [4.69, 9.17) is 40.6 Å². The lowest BCUT2D eigenvalue weighted by molar-refractivity contribution is 0.0796. The van der Waals surface area contributed by atoms with Crippen molar-refractivity contribution in [3.8, 4) is 5.82 Å². The van der Waals surface area contributed by atoms with E-state index in [1.807, 2.05) is 0 Å². The van der Waals surface area contributed by atoms with E-state index in [9.17, 15) is 9.59 Å². The highest BCUT2D eigenvalue weighted by molar-refractivity contribution is 9.10. The van der Waals surface area contributed by atoms with Crippen LogP contribution < -0.4 is 11.2 Å². The first kappa shape index (κ1) is 21.5. The number of amides is 2. The number of carbonyl (C=O) groups is 2. The first-order chi connectivity index (χ1) is 13.7. The van der Waals surface area contributed by atoms with E-state index in [1.165, 1.54) is 36.1 Å². The predicted molar refractivity (Wildman–Crippen MR) is 115 cm³/mol. The van der Waals surface area contributed by atoms with Crippen molar-refractivity contribution in [3.05, 3.63) is 67.5 Å². The Morgan fingerprint density at radius 1 is 1.21 bits per heavy atom. The van der Waals surface area contributed by atoms with E-state index in [2.05, 4.69) is 31.3 Å². The van der Waals surface area contributed by atoms with Crippen molar-refractivity contribution in [1.82, 2.24) is 19.8 Å². The van der Waals surface area contributed by atoms with Crippen molar-refractivity contribution in [2.45, 2.75) is 0 Å². The molecule has 0 saturated heterocycles. The zero-order valence-corrected chi connectivity index (χ0v) is 18.5. The van der Waals surface area contributed by atoms with Crippen molar-refractivity contribution in [2.24, 2.45) is 5.84 Å². The highest BCUT2D eigenvalue weighted by Crippen LogP contribution is 2.32. The third-order valence-corrected chi connectivity index (χ3v) is 4.89. The highest BCUT2D eigenvalue weighted by atomic mass is 79.9. The van der Waals surface area contributed by atoms with Gasteiger partial charge in [-0.1, -0.05) is 34.8 Å². The smallest absolute Gasteiger partial charge is 0.274 e. The molecule has 0 unspecified atom stereocenters. The summed E-state index contributed by atoms with van der Waals surface area (Å²) in [5, 5.41) is 8.25. The first-order valence-electron chi connectivity index (χ1n) is 7.88. The molecule has 0 saturated carbocycles. The molecule has 3 aromatic rings. The number of rotatable bonds is 4. The van der Waals surface area contributed by atoms with Crippen molar-refractivity contribution >= 4 is 68.2 Å². The average Bonchev–Trinajstić information content (AvgIpc) is 3.05. The van der Waals surface area contributed by atoms with Gasteiger partial charge in [-0.05, 0) is 40.2 Å². The Morgan fingerprint density at radius 3 is 2.59 bits per heavy atom. The van der Waals surface area contributed by atoms with Crippen LogP contribution in [0.25, 0.3) is 5.82 Å². The number of nitrogens with zero attached hydrogens (tertiary/aromatic N) is 4. The van der Waals surface area contributed by atoms with Crippen LogP contribution in [-0.4, -0.2) is 38.6 Å². The van der Waals surface area contributed by atoms with Gasteiger partial charge in [0.15, 0.2) is 5.82 Å². The van der Waals surface area contributed by atoms with E-state index in [1.54, 1.807) is 12.1 Å². The summed E-state index contributed by atoms with van der Waals surface area (Å²) in [7, 11) is 1.36. The van der Waals surface area contributed by atoms with Crippen LogP contribution >= 0.6 is 50.7 Å². The number of anilines is 1. The minimum atomic E-state index is -0.608. The molecule has 8 nitrogen and oxygen atoms in total. The number of benzene rings is 1. The molecule has 3 rings (SSSR count). The maximum absolute atomic E-state index is 13.0. The summed E-state index contributed by atoms with van der Waals surface area (Å²) in [5.41, 5.74) is 0.184. The molecule has 2 heterocycles. The second kappa shape index (κ2) is 8.68. The summed E-state index contributed by atoms with van der Waals surface area (Å²) >= 11 is 21.6. The number of nitrogens with two attached hydrogens (primary N) is 1. The molecule has 0 radical (unpaired) electrons. The number of hydrogen-bond acceptors (Lipinski definition) is 5. The normalized spacial score (nSPS) is 10.7. The second-order valence-electron chi connectivity index (χ2n) is 5.75. The molecule has 0 bridgehead atoms. The molecule has 0 atom stereocenters. The van der Waals surface area contributed by atoms with Gasteiger partial charge in [0.05, 0.1) is 21.3 Å². The van der Waals surface area contributed by atoms with Crippen molar-refractivity contribution in [3.63, 3.8) is 0 Å². The Morgan fingerprint density at radius 2 is 1.93 bits per heavy atom. The summed E-state index contributed by atoms with van der Waals surface area (Å²) < 4.78 is 1.65. The van der Waals surface area contributed by atoms with Gasteiger partial charge in [-0.15, -0.1) is 0 Å². The van der Waals surface area contributed by atoms with Gasteiger partial charge >= 0.3 is 0 Å². The zero-order valence-electron chi connectivity index (χ0n) is 14.7. The van der Waals surface area contributed by atoms with E-state index in [0.29, 0.717) is 9.63 Å². The summed E-state index contributed by atoms with van der Waals surface area (Å²) in [6.45, 7) is 0. The molecular weight excluding hydrogens is 506 g/mol. The van der Waals surface area contributed by atoms with E-state index in [0.717, 1.165) is 5.01 Å². The minimum Gasteiger partial charge on any atom is -0.319 e. The lowest BCUT2D eigenvalue weighted by Gasteiger charge is -2.16. The summed E-state index contributed by atoms with van der Waals surface area (Å²) in [6, 6.07) is 7.50. The Labute approximate surface area is 188 Å². The van der Waals surface area contributed by atoms with Crippen LogP contribution in [0.1, 0.15) is 20.8 Å². The number of carbonyl (C=O) groups excluding carboxylic acids is 2. The van der Waals surface area contributed by atoms with E-state index >= 15 is 0 Å². The predicted octanol–water partition coefficient (Wildman–Crippen LogP) is 4.19. The van der Waals surface area contributed by atoms with Gasteiger partial charge in [0.25, 0.3) is 11.8 Å². The third kappa shape index (κ3) is 4.54.